The minimum atomic E-state index is 1.23. The highest BCUT2D eigenvalue weighted by Crippen LogP contribution is 2.07. The molecule has 2 nitrogen and oxygen atoms in total. The van der Waals surface area contributed by atoms with Crippen LogP contribution in [0.25, 0.3) is 0 Å². The Labute approximate surface area is 153 Å². The zero-order chi connectivity index (χ0) is 17.9. The Bertz CT molecular complexity index is 217. The minimum Gasteiger partial charge on any atom is -0.376 e. The quantitative estimate of drug-likeness (QED) is 0.253. The van der Waals surface area contributed by atoms with Crippen LogP contribution in [-0.4, -0.2) is 36.0 Å². The lowest BCUT2D eigenvalue weighted by Crippen LogP contribution is -2.24. The molecule has 144 valence electrons. The summed E-state index contributed by atoms with van der Waals surface area (Å²) in [5.41, 5.74) is 0. The highest BCUT2D eigenvalue weighted by atomic mass is 15.1. The minimum absolute atomic E-state index is 1.23. The van der Waals surface area contributed by atoms with Gasteiger partial charge in [0.05, 0.1) is 0 Å². The Morgan fingerprint density at radius 3 is 0.875 bits per heavy atom. The van der Waals surface area contributed by atoms with Gasteiger partial charge in [-0.05, 0) is 25.7 Å². The van der Waals surface area contributed by atoms with Crippen molar-refractivity contribution in [2.45, 2.75) is 105 Å². The van der Waals surface area contributed by atoms with Crippen LogP contribution in [0.4, 0.5) is 0 Å². The molecule has 0 atom stereocenters. The van der Waals surface area contributed by atoms with Gasteiger partial charge in [0.25, 0.3) is 0 Å². The molecular formula is C22H46N2. The van der Waals surface area contributed by atoms with Gasteiger partial charge in [0.2, 0.25) is 0 Å². The van der Waals surface area contributed by atoms with E-state index in [9.17, 15) is 0 Å². The predicted molar refractivity (Wildman–Crippen MR) is 110 cm³/mol. The van der Waals surface area contributed by atoms with Crippen LogP contribution in [0.15, 0.2) is 12.4 Å². The summed E-state index contributed by atoms with van der Waals surface area (Å²) in [6.07, 6.45) is 20.8. The van der Waals surface area contributed by atoms with Gasteiger partial charge in [-0.2, -0.15) is 0 Å². The molecule has 0 aliphatic rings. The van der Waals surface area contributed by atoms with Crippen molar-refractivity contribution in [2.75, 3.05) is 26.2 Å². The molecule has 0 unspecified atom stereocenters. The van der Waals surface area contributed by atoms with Crippen LogP contribution in [-0.2, 0) is 0 Å². The predicted octanol–water partition coefficient (Wildman–Crippen LogP) is 6.82. The summed E-state index contributed by atoms with van der Waals surface area (Å²) >= 11 is 0. The maximum atomic E-state index is 2.57. The van der Waals surface area contributed by atoms with Crippen molar-refractivity contribution in [2.24, 2.45) is 0 Å². The molecule has 24 heavy (non-hydrogen) atoms. The van der Waals surface area contributed by atoms with Gasteiger partial charge >= 0.3 is 0 Å². The molecule has 0 saturated carbocycles. The molecule has 0 N–H and O–H groups in total. The number of rotatable bonds is 18. The smallest absolute Gasteiger partial charge is 0.0172 e. The lowest BCUT2D eigenvalue weighted by atomic mass is 10.2. The molecule has 0 aliphatic carbocycles. The molecule has 0 rings (SSSR count). The molecule has 0 aromatic heterocycles. The van der Waals surface area contributed by atoms with Crippen molar-refractivity contribution in [1.82, 2.24) is 9.80 Å². The van der Waals surface area contributed by atoms with Crippen molar-refractivity contribution in [3.05, 3.63) is 12.4 Å². The van der Waals surface area contributed by atoms with Crippen LogP contribution in [0, 0.1) is 0 Å². The van der Waals surface area contributed by atoms with E-state index in [2.05, 4.69) is 49.9 Å². The average molecular weight is 339 g/mol. The van der Waals surface area contributed by atoms with Crippen molar-refractivity contribution >= 4 is 0 Å². The normalized spacial score (nSPS) is 11.3. The van der Waals surface area contributed by atoms with Crippen LogP contribution in [0.5, 0.6) is 0 Å². The van der Waals surface area contributed by atoms with Gasteiger partial charge in [-0.15, -0.1) is 0 Å². The van der Waals surface area contributed by atoms with Crippen LogP contribution in [0.2, 0.25) is 0 Å². The van der Waals surface area contributed by atoms with E-state index in [1.807, 2.05) is 0 Å². The van der Waals surface area contributed by atoms with E-state index < -0.39 is 0 Å². The van der Waals surface area contributed by atoms with Crippen molar-refractivity contribution in [3.8, 4) is 0 Å². The molecule has 0 amide bonds. The van der Waals surface area contributed by atoms with E-state index in [4.69, 9.17) is 0 Å². The third kappa shape index (κ3) is 14.9. The number of hydrogen-bond donors (Lipinski definition) is 0. The average Bonchev–Trinajstić information content (AvgIpc) is 2.59. The highest BCUT2D eigenvalue weighted by Gasteiger charge is 2.02. The standard InChI is InChI=1S/C22H46N2/c1-5-9-13-17-23(18-14-10-6-2)21-22-24(19-15-11-7-3)20-16-12-8-4/h21-22H,5-20H2,1-4H3/b22-21+. The van der Waals surface area contributed by atoms with Gasteiger partial charge in [0.15, 0.2) is 0 Å². The maximum Gasteiger partial charge on any atom is 0.0172 e. The van der Waals surface area contributed by atoms with Crippen LogP contribution >= 0.6 is 0 Å². The Hall–Kier alpha value is -0.660. The Balaban J connectivity index is 4.44. The van der Waals surface area contributed by atoms with Gasteiger partial charge in [-0.1, -0.05) is 79.1 Å². The van der Waals surface area contributed by atoms with E-state index >= 15 is 0 Å². The fourth-order valence-electron chi connectivity index (χ4n) is 2.97. The Morgan fingerprint density at radius 1 is 0.417 bits per heavy atom. The number of unbranched alkanes of at least 4 members (excludes halogenated alkanes) is 8. The van der Waals surface area contributed by atoms with Gasteiger partial charge in [-0.25, -0.2) is 0 Å². The van der Waals surface area contributed by atoms with Gasteiger partial charge in [0.1, 0.15) is 0 Å². The van der Waals surface area contributed by atoms with E-state index in [1.54, 1.807) is 0 Å². The Kier molecular flexibility index (Phi) is 18.2. The highest BCUT2D eigenvalue weighted by molar-refractivity contribution is 4.83. The maximum absolute atomic E-state index is 2.57. The first-order valence-corrected chi connectivity index (χ1v) is 10.9. The fraction of sp³-hybridized carbons (Fsp3) is 0.909. The molecule has 0 saturated heterocycles. The first kappa shape index (κ1) is 23.3. The van der Waals surface area contributed by atoms with E-state index in [0.29, 0.717) is 0 Å². The molecule has 0 radical (unpaired) electrons. The second-order valence-electron chi connectivity index (χ2n) is 7.20. The van der Waals surface area contributed by atoms with E-state index in [-0.39, 0.29) is 0 Å². The first-order valence-electron chi connectivity index (χ1n) is 10.9. The topological polar surface area (TPSA) is 6.48 Å². The SMILES string of the molecule is CCCCCN(/C=C/N(CCCCC)CCCCC)CCCCC. The fourth-order valence-corrected chi connectivity index (χ4v) is 2.97. The molecule has 0 aromatic rings. The number of hydrogen-bond acceptors (Lipinski definition) is 2. The summed E-state index contributed by atoms with van der Waals surface area (Å²) < 4.78 is 0. The second-order valence-corrected chi connectivity index (χ2v) is 7.20. The van der Waals surface area contributed by atoms with Crippen LogP contribution in [0.1, 0.15) is 105 Å². The molecule has 0 spiro atoms. The molecular weight excluding hydrogens is 292 g/mol. The summed E-state index contributed by atoms with van der Waals surface area (Å²) in [6.45, 7) is 14.1. The molecule has 0 heterocycles. The summed E-state index contributed by atoms with van der Waals surface area (Å²) in [5, 5.41) is 0. The zero-order valence-electron chi connectivity index (χ0n) is 17.4. The van der Waals surface area contributed by atoms with Crippen LogP contribution < -0.4 is 0 Å². The summed E-state index contributed by atoms with van der Waals surface area (Å²) in [6, 6.07) is 0. The molecule has 2 heteroatoms. The monoisotopic (exact) mass is 338 g/mol. The molecule has 0 fully saturated rings. The van der Waals surface area contributed by atoms with Crippen molar-refractivity contribution < 1.29 is 0 Å². The molecule has 0 aromatic carbocycles. The largest absolute Gasteiger partial charge is 0.376 e. The van der Waals surface area contributed by atoms with Crippen molar-refractivity contribution in [3.63, 3.8) is 0 Å². The lowest BCUT2D eigenvalue weighted by Gasteiger charge is -2.24. The van der Waals surface area contributed by atoms with Gasteiger partial charge in [-0.3, -0.25) is 0 Å². The molecule has 0 bridgehead atoms. The van der Waals surface area contributed by atoms with E-state index in [1.165, 1.54) is 103 Å². The Morgan fingerprint density at radius 2 is 0.667 bits per heavy atom. The van der Waals surface area contributed by atoms with Gasteiger partial charge in [0, 0.05) is 38.6 Å². The third-order valence-corrected chi connectivity index (χ3v) is 4.68. The second kappa shape index (κ2) is 18.7. The van der Waals surface area contributed by atoms with Crippen molar-refractivity contribution in [1.29, 1.82) is 0 Å². The summed E-state index contributed by atoms with van der Waals surface area (Å²) in [4.78, 5) is 5.13. The summed E-state index contributed by atoms with van der Waals surface area (Å²) in [5.74, 6) is 0. The van der Waals surface area contributed by atoms with Crippen LogP contribution in [0.3, 0.4) is 0 Å². The summed E-state index contributed by atoms with van der Waals surface area (Å²) in [7, 11) is 0. The number of nitrogens with zero attached hydrogens (tertiary/aromatic N) is 2. The van der Waals surface area contributed by atoms with Gasteiger partial charge < -0.3 is 9.80 Å². The third-order valence-electron chi connectivity index (χ3n) is 4.68. The molecule has 0 aliphatic heterocycles. The van der Waals surface area contributed by atoms with E-state index in [0.717, 1.165) is 0 Å². The lowest BCUT2D eigenvalue weighted by molar-refractivity contribution is 0.321. The first-order chi connectivity index (χ1) is 11.8. The zero-order valence-corrected chi connectivity index (χ0v) is 17.4.